The van der Waals surface area contributed by atoms with Crippen molar-refractivity contribution >= 4 is 23.0 Å². The number of hydrogen-bond acceptors (Lipinski definition) is 8. The van der Waals surface area contributed by atoms with E-state index in [4.69, 9.17) is 4.98 Å². The number of anilines is 2. The van der Waals surface area contributed by atoms with Gasteiger partial charge in [-0.05, 0) is 36.8 Å². The van der Waals surface area contributed by atoms with Gasteiger partial charge < -0.3 is 9.80 Å². The SMILES string of the molecule is FC(F)(F)c1ccc(N2CCC3(CCN(c4cncc(-c5nncs5)n4)CC3)C2)nc1. The first-order chi connectivity index (χ1) is 14.9. The Labute approximate surface area is 181 Å². The smallest absolute Gasteiger partial charge is 0.356 e. The third-order valence-electron chi connectivity index (χ3n) is 6.19. The van der Waals surface area contributed by atoms with E-state index in [-0.39, 0.29) is 5.41 Å². The molecule has 3 aromatic heterocycles. The molecular weight excluding hydrogens is 427 g/mol. The Bertz CT molecular complexity index is 1030. The molecule has 162 valence electrons. The van der Waals surface area contributed by atoms with E-state index in [9.17, 15) is 13.2 Å². The van der Waals surface area contributed by atoms with Crippen LogP contribution < -0.4 is 9.80 Å². The normalized spacial score (nSPS) is 18.7. The van der Waals surface area contributed by atoms with Crippen LogP contribution in [0.5, 0.6) is 0 Å². The van der Waals surface area contributed by atoms with E-state index in [0.29, 0.717) is 5.82 Å². The van der Waals surface area contributed by atoms with Gasteiger partial charge in [-0.25, -0.2) is 9.97 Å². The van der Waals surface area contributed by atoms with E-state index in [1.54, 1.807) is 17.9 Å². The Morgan fingerprint density at radius 1 is 0.935 bits per heavy atom. The number of nitrogens with zero attached hydrogens (tertiary/aromatic N) is 7. The molecule has 0 unspecified atom stereocenters. The molecule has 0 aromatic carbocycles. The van der Waals surface area contributed by atoms with Crippen LogP contribution in [0.3, 0.4) is 0 Å². The van der Waals surface area contributed by atoms with E-state index in [0.717, 1.165) is 74.2 Å². The molecule has 2 aliphatic rings. The van der Waals surface area contributed by atoms with E-state index in [2.05, 4.69) is 30.0 Å². The molecule has 5 rings (SSSR count). The van der Waals surface area contributed by atoms with Crippen LogP contribution in [0.15, 0.2) is 36.2 Å². The predicted octanol–water partition coefficient (Wildman–Crippen LogP) is 3.91. The maximum absolute atomic E-state index is 12.8. The van der Waals surface area contributed by atoms with Crippen LogP contribution in [0, 0.1) is 5.41 Å². The van der Waals surface area contributed by atoms with Gasteiger partial charge in [0.2, 0.25) is 0 Å². The molecule has 7 nitrogen and oxygen atoms in total. The molecule has 0 N–H and O–H groups in total. The van der Waals surface area contributed by atoms with Gasteiger partial charge in [-0.15, -0.1) is 10.2 Å². The van der Waals surface area contributed by atoms with Crippen LogP contribution in [0.25, 0.3) is 10.7 Å². The molecule has 0 saturated carbocycles. The maximum atomic E-state index is 12.8. The monoisotopic (exact) mass is 447 g/mol. The summed E-state index contributed by atoms with van der Waals surface area (Å²) in [6, 6.07) is 2.59. The molecule has 5 heterocycles. The van der Waals surface area contributed by atoms with Crippen molar-refractivity contribution in [3.63, 3.8) is 0 Å². The fourth-order valence-corrected chi connectivity index (χ4v) is 4.89. The molecule has 2 aliphatic heterocycles. The number of aromatic nitrogens is 5. The fourth-order valence-electron chi connectivity index (χ4n) is 4.39. The Balaban J connectivity index is 1.23. The summed E-state index contributed by atoms with van der Waals surface area (Å²) < 4.78 is 38.4. The highest BCUT2D eigenvalue weighted by molar-refractivity contribution is 7.12. The molecule has 3 aromatic rings. The predicted molar refractivity (Wildman–Crippen MR) is 111 cm³/mol. The molecule has 0 atom stereocenters. The molecule has 0 bridgehead atoms. The molecule has 2 saturated heterocycles. The van der Waals surface area contributed by atoms with Crippen molar-refractivity contribution < 1.29 is 13.2 Å². The second-order valence-electron chi connectivity index (χ2n) is 8.07. The number of pyridine rings is 1. The van der Waals surface area contributed by atoms with Crippen molar-refractivity contribution in [2.24, 2.45) is 5.41 Å². The summed E-state index contributed by atoms with van der Waals surface area (Å²) in [5.41, 5.74) is 1.84. The van der Waals surface area contributed by atoms with Crippen molar-refractivity contribution in [3.05, 3.63) is 41.8 Å². The van der Waals surface area contributed by atoms with Crippen molar-refractivity contribution in [3.8, 4) is 10.7 Å². The first-order valence-electron chi connectivity index (χ1n) is 10.0. The zero-order chi connectivity index (χ0) is 21.5. The molecule has 1 spiro atoms. The Kier molecular flexibility index (Phi) is 4.99. The quantitative estimate of drug-likeness (QED) is 0.603. The third kappa shape index (κ3) is 4.06. The summed E-state index contributed by atoms with van der Waals surface area (Å²) >= 11 is 1.43. The van der Waals surface area contributed by atoms with Crippen molar-refractivity contribution in [1.82, 2.24) is 25.1 Å². The molecule has 0 amide bonds. The van der Waals surface area contributed by atoms with Crippen molar-refractivity contribution in [2.75, 3.05) is 36.0 Å². The summed E-state index contributed by atoms with van der Waals surface area (Å²) in [6.07, 6.45) is 3.04. The maximum Gasteiger partial charge on any atom is 0.417 e. The first kappa shape index (κ1) is 20.1. The molecule has 0 aliphatic carbocycles. The number of piperidine rings is 1. The highest BCUT2D eigenvalue weighted by atomic mass is 32.1. The second-order valence-corrected chi connectivity index (χ2v) is 8.90. The highest BCUT2D eigenvalue weighted by Gasteiger charge is 2.41. The van der Waals surface area contributed by atoms with Crippen LogP contribution in [-0.4, -0.2) is 51.3 Å². The van der Waals surface area contributed by atoms with Gasteiger partial charge >= 0.3 is 6.18 Å². The molecule has 11 heteroatoms. The van der Waals surface area contributed by atoms with Gasteiger partial charge in [0, 0.05) is 32.4 Å². The molecular formula is C20H20F3N7S. The average molecular weight is 447 g/mol. The number of rotatable bonds is 3. The largest absolute Gasteiger partial charge is 0.417 e. The summed E-state index contributed by atoms with van der Waals surface area (Å²) in [6.45, 7) is 3.35. The van der Waals surface area contributed by atoms with Gasteiger partial charge in [0.15, 0.2) is 5.01 Å². The van der Waals surface area contributed by atoms with Crippen LogP contribution >= 0.6 is 11.3 Å². The van der Waals surface area contributed by atoms with E-state index >= 15 is 0 Å². The van der Waals surface area contributed by atoms with Gasteiger partial charge in [-0.3, -0.25) is 4.98 Å². The lowest BCUT2D eigenvalue weighted by molar-refractivity contribution is -0.137. The Morgan fingerprint density at radius 2 is 1.71 bits per heavy atom. The molecule has 2 fully saturated rings. The Morgan fingerprint density at radius 3 is 2.35 bits per heavy atom. The fraction of sp³-hybridized carbons (Fsp3) is 0.450. The zero-order valence-electron chi connectivity index (χ0n) is 16.6. The summed E-state index contributed by atoms with van der Waals surface area (Å²) in [5, 5.41) is 8.67. The van der Waals surface area contributed by atoms with Crippen molar-refractivity contribution in [2.45, 2.75) is 25.4 Å². The lowest BCUT2D eigenvalue weighted by atomic mass is 9.78. The standard InChI is InChI=1S/C20H20F3N7S/c21-20(22,23)14-1-2-16(25-9-14)30-8-5-19(12-30)3-6-29(7-4-19)17-11-24-10-15(27-17)18-28-26-13-31-18/h1-2,9-11,13H,3-8,12H2. The van der Waals surface area contributed by atoms with E-state index in [1.165, 1.54) is 17.4 Å². The number of alkyl halides is 3. The van der Waals surface area contributed by atoms with Gasteiger partial charge in [0.25, 0.3) is 0 Å². The Hall–Kier alpha value is -2.82. The van der Waals surface area contributed by atoms with Gasteiger partial charge in [-0.2, -0.15) is 13.2 Å². The van der Waals surface area contributed by atoms with E-state index < -0.39 is 11.7 Å². The minimum Gasteiger partial charge on any atom is -0.356 e. The molecule has 31 heavy (non-hydrogen) atoms. The number of halogens is 3. The topological polar surface area (TPSA) is 70.9 Å². The van der Waals surface area contributed by atoms with Crippen LogP contribution in [0.2, 0.25) is 0 Å². The second kappa shape index (κ2) is 7.70. The summed E-state index contributed by atoms with van der Waals surface area (Å²) in [5.74, 6) is 1.45. The lowest BCUT2D eigenvalue weighted by Gasteiger charge is -2.39. The van der Waals surface area contributed by atoms with Crippen LogP contribution in [-0.2, 0) is 6.18 Å². The average Bonchev–Trinajstić information content (AvgIpc) is 3.45. The van der Waals surface area contributed by atoms with E-state index in [1.807, 2.05) is 0 Å². The highest BCUT2D eigenvalue weighted by Crippen LogP contribution is 2.42. The zero-order valence-corrected chi connectivity index (χ0v) is 17.4. The summed E-state index contributed by atoms with van der Waals surface area (Å²) in [7, 11) is 0. The summed E-state index contributed by atoms with van der Waals surface area (Å²) in [4.78, 5) is 17.4. The minimum absolute atomic E-state index is 0.158. The molecule has 0 radical (unpaired) electrons. The van der Waals surface area contributed by atoms with Crippen molar-refractivity contribution in [1.29, 1.82) is 0 Å². The van der Waals surface area contributed by atoms with Crippen LogP contribution in [0.1, 0.15) is 24.8 Å². The lowest BCUT2D eigenvalue weighted by Crippen LogP contribution is -2.42. The number of hydrogen-bond donors (Lipinski definition) is 0. The van der Waals surface area contributed by atoms with Gasteiger partial charge in [-0.1, -0.05) is 11.3 Å². The third-order valence-corrected chi connectivity index (χ3v) is 6.90. The van der Waals surface area contributed by atoms with Crippen LogP contribution in [0.4, 0.5) is 24.8 Å². The van der Waals surface area contributed by atoms with Gasteiger partial charge in [0.1, 0.15) is 22.8 Å². The minimum atomic E-state index is -4.36. The first-order valence-corrected chi connectivity index (χ1v) is 10.9. The van der Waals surface area contributed by atoms with Gasteiger partial charge in [0.05, 0.1) is 18.0 Å².